The van der Waals surface area contributed by atoms with Gasteiger partial charge in [-0.15, -0.1) is 11.8 Å². The van der Waals surface area contributed by atoms with Crippen LogP contribution in [-0.4, -0.2) is 73.6 Å². The van der Waals surface area contributed by atoms with Crippen LogP contribution in [0.3, 0.4) is 0 Å². The summed E-state index contributed by atoms with van der Waals surface area (Å²) in [5.41, 5.74) is 1.39. The second-order valence-corrected chi connectivity index (χ2v) is 8.68. The molecule has 0 spiro atoms. The zero-order valence-electron chi connectivity index (χ0n) is 17.5. The molecule has 1 unspecified atom stereocenters. The number of hydrogen-bond donors (Lipinski definition) is 0. The fourth-order valence-electron chi connectivity index (χ4n) is 4.12. The third-order valence-corrected chi connectivity index (χ3v) is 6.62. The number of hydrogen-bond acceptors (Lipinski definition) is 7. The fraction of sp³-hybridized carbons (Fsp3) is 0.545. The highest BCUT2D eigenvalue weighted by atomic mass is 32.2. The quantitative estimate of drug-likeness (QED) is 0.674. The lowest BCUT2D eigenvalue weighted by molar-refractivity contribution is 0.122. The Bertz CT molecular complexity index is 781. The average molecular weight is 414 g/mol. The molecule has 0 amide bonds. The molecule has 0 saturated carbocycles. The molecule has 0 bridgehead atoms. The van der Waals surface area contributed by atoms with Gasteiger partial charge in [-0.1, -0.05) is 12.1 Å². The molecule has 2 aromatic rings. The minimum Gasteiger partial charge on any atom is -0.378 e. The van der Waals surface area contributed by atoms with E-state index in [1.807, 2.05) is 12.3 Å². The Morgan fingerprint density at radius 1 is 1.14 bits per heavy atom. The van der Waals surface area contributed by atoms with E-state index in [9.17, 15) is 0 Å². The summed E-state index contributed by atoms with van der Waals surface area (Å²) in [4.78, 5) is 17.9. The van der Waals surface area contributed by atoms with Crippen molar-refractivity contribution in [3.63, 3.8) is 0 Å². The summed E-state index contributed by atoms with van der Waals surface area (Å²) in [6, 6.07) is 11.4. The maximum absolute atomic E-state index is 5.47. The van der Waals surface area contributed by atoms with Gasteiger partial charge in [-0.3, -0.25) is 4.90 Å². The number of ether oxygens (including phenoxy) is 1. The molecule has 4 rings (SSSR count). The number of benzene rings is 1. The van der Waals surface area contributed by atoms with Gasteiger partial charge in [-0.05, 0) is 49.4 Å². The van der Waals surface area contributed by atoms with Crippen molar-refractivity contribution in [1.29, 1.82) is 0 Å². The van der Waals surface area contributed by atoms with Crippen LogP contribution in [-0.2, 0) is 11.3 Å². The Morgan fingerprint density at radius 3 is 2.69 bits per heavy atom. The first-order valence-electron chi connectivity index (χ1n) is 10.5. The van der Waals surface area contributed by atoms with Crippen LogP contribution in [0.25, 0.3) is 0 Å². The van der Waals surface area contributed by atoms with Gasteiger partial charge < -0.3 is 14.5 Å². The second kappa shape index (κ2) is 9.78. The first kappa shape index (κ1) is 20.4. The van der Waals surface area contributed by atoms with Crippen molar-refractivity contribution in [2.75, 3.05) is 62.5 Å². The molecule has 2 saturated heterocycles. The maximum atomic E-state index is 5.47. The van der Waals surface area contributed by atoms with E-state index in [0.29, 0.717) is 6.04 Å². The summed E-state index contributed by atoms with van der Waals surface area (Å²) < 4.78 is 5.47. The Morgan fingerprint density at radius 2 is 1.93 bits per heavy atom. The van der Waals surface area contributed by atoms with E-state index in [1.54, 1.807) is 11.8 Å². The Hall–Kier alpha value is -1.83. The molecule has 1 atom stereocenters. The molecule has 156 valence electrons. The lowest BCUT2D eigenvalue weighted by Gasteiger charge is -2.38. The molecule has 1 aromatic heterocycles. The molecule has 29 heavy (non-hydrogen) atoms. The van der Waals surface area contributed by atoms with E-state index in [-0.39, 0.29) is 0 Å². The third kappa shape index (κ3) is 5.21. The van der Waals surface area contributed by atoms with Crippen molar-refractivity contribution in [1.82, 2.24) is 14.9 Å². The number of aromatic nitrogens is 2. The zero-order chi connectivity index (χ0) is 20.1. The molecule has 0 aliphatic carbocycles. The summed E-state index contributed by atoms with van der Waals surface area (Å²) in [7, 11) is 2.14. The molecule has 0 radical (unpaired) electrons. The second-order valence-electron chi connectivity index (χ2n) is 7.80. The number of morpholine rings is 1. The first-order chi connectivity index (χ1) is 14.2. The Balaban J connectivity index is 1.39. The van der Waals surface area contributed by atoms with Gasteiger partial charge in [-0.2, -0.15) is 4.98 Å². The van der Waals surface area contributed by atoms with Crippen LogP contribution in [0.4, 0.5) is 11.8 Å². The molecule has 0 N–H and O–H groups in total. The third-order valence-electron chi connectivity index (χ3n) is 5.87. The van der Waals surface area contributed by atoms with Crippen molar-refractivity contribution in [3.05, 3.63) is 42.1 Å². The number of nitrogens with zero attached hydrogens (tertiary/aromatic N) is 5. The SMILES string of the molecule is CSc1ccc(CN2CCCC(N(C)c3nccc(N4CCOCC4)n3)C2)cc1. The minimum absolute atomic E-state index is 0.439. The molecule has 3 heterocycles. The van der Waals surface area contributed by atoms with Gasteiger partial charge in [0.1, 0.15) is 5.82 Å². The standard InChI is InChI=1S/C22H31N5OS/c1-25(22-23-10-9-21(24-22)27-12-14-28-15-13-27)19-4-3-11-26(17-19)16-18-5-7-20(29-2)8-6-18/h5-10,19H,3-4,11-17H2,1-2H3. The summed E-state index contributed by atoms with van der Waals surface area (Å²) >= 11 is 1.79. The number of piperidine rings is 1. The lowest BCUT2D eigenvalue weighted by atomic mass is 10.0. The van der Waals surface area contributed by atoms with Crippen LogP contribution in [0.15, 0.2) is 41.4 Å². The largest absolute Gasteiger partial charge is 0.378 e. The van der Waals surface area contributed by atoms with Gasteiger partial charge in [0, 0.05) is 50.4 Å². The Kier molecular flexibility index (Phi) is 6.90. The molecular weight excluding hydrogens is 382 g/mol. The van der Waals surface area contributed by atoms with Crippen LogP contribution in [0.2, 0.25) is 0 Å². The maximum Gasteiger partial charge on any atom is 0.227 e. The molecule has 2 aliphatic rings. The molecule has 1 aromatic carbocycles. The van der Waals surface area contributed by atoms with Crippen molar-refractivity contribution < 1.29 is 4.74 Å². The van der Waals surface area contributed by atoms with Crippen LogP contribution in [0.5, 0.6) is 0 Å². The van der Waals surface area contributed by atoms with E-state index in [0.717, 1.165) is 57.7 Å². The van der Waals surface area contributed by atoms with E-state index >= 15 is 0 Å². The van der Waals surface area contributed by atoms with Gasteiger partial charge >= 0.3 is 0 Å². The minimum atomic E-state index is 0.439. The van der Waals surface area contributed by atoms with E-state index in [4.69, 9.17) is 9.72 Å². The van der Waals surface area contributed by atoms with Crippen LogP contribution >= 0.6 is 11.8 Å². The number of likely N-dealkylation sites (tertiary alicyclic amines) is 1. The molecule has 2 aliphatic heterocycles. The molecule has 2 fully saturated rings. The topological polar surface area (TPSA) is 44.7 Å². The van der Waals surface area contributed by atoms with E-state index in [1.165, 1.54) is 23.3 Å². The Labute approximate surface area is 178 Å². The van der Waals surface area contributed by atoms with Gasteiger partial charge in [0.25, 0.3) is 0 Å². The predicted molar refractivity (Wildman–Crippen MR) is 120 cm³/mol. The van der Waals surface area contributed by atoms with Gasteiger partial charge in [-0.25, -0.2) is 4.98 Å². The predicted octanol–water partition coefficient (Wildman–Crippen LogP) is 3.14. The van der Waals surface area contributed by atoms with Crippen LogP contribution < -0.4 is 9.80 Å². The van der Waals surface area contributed by atoms with Crippen molar-refractivity contribution >= 4 is 23.5 Å². The lowest BCUT2D eigenvalue weighted by Crippen LogP contribution is -2.47. The number of thioether (sulfide) groups is 1. The van der Waals surface area contributed by atoms with Crippen LogP contribution in [0.1, 0.15) is 18.4 Å². The normalized spacial score (nSPS) is 20.6. The number of likely N-dealkylation sites (N-methyl/N-ethyl adjacent to an activating group) is 1. The molecule has 6 nitrogen and oxygen atoms in total. The van der Waals surface area contributed by atoms with E-state index in [2.05, 4.69) is 57.3 Å². The van der Waals surface area contributed by atoms with Crippen molar-refractivity contribution in [3.8, 4) is 0 Å². The van der Waals surface area contributed by atoms with Crippen molar-refractivity contribution in [2.24, 2.45) is 0 Å². The highest BCUT2D eigenvalue weighted by Gasteiger charge is 2.25. The van der Waals surface area contributed by atoms with E-state index < -0.39 is 0 Å². The van der Waals surface area contributed by atoms with Gasteiger partial charge in [0.2, 0.25) is 5.95 Å². The monoisotopic (exact) mass is 413 g/mol. The highest BCUT2D eigenvalue weighted by Crippen LogP contribution is 2.23. The summed E-state index contributed by atoms with van der Waals surface area (Å²) in [6.45, 7) is 6.54. The first-order valence-corrected chi connectivity index (χ1v) is 11.7. The molecule has 7 heteroatoms. The summed E-state index contributed by atoms with van der Waals surface area (Å²) in [6.07, 6.45) is 6.40. The number of anilines is 2. The average Bonchev–Trinajstić information content (AvgIpc) is 2.80. The number of rotatable bonds is 6. The summed E-state index contributed by atoms with van der Waals surface area (Å²) in [5.74, 6) is 1.83. The van der Waals surface area contributed by atoms with Crippen LogP contribution in [0, 0.1) is 0 Å². The highest BCUT2D eigenvalue weighted by molar-refractivity contribution is 7.98. The zero-order valence-corrected chi connectivity index (χ0v) is 18.3. The molecular formula is C22H31N5OS. The van der Waals surface area contributed by atoms with Gasteiger partial charge in [0.15, 0.2) is 0 Å². The van der Waals surface area contributed by atoms with Gasteiger partial charge in [0.05, 0.1) is 13.2 Å². The van der Waals surface area contributed by atoms with Crippen molar-refractivity contribution in [2.45, 2.75) is 30.3 Å². The summed E-state index contributed by atoms with van der Waals surface area (Å²) in [5, 5.41) is 0. The fourth-order valence-corrected chi connectivity index (χ4v) is 4.53. The smallest absolute Gasteiger partial charge is 0.227 e.